The summed E-state index contributed by atoms with van der Waals surface area (Å²) in [4.78, 5) is 12.8. The number of aldehydes is 1. The molecule has 1 aromatic rings. The number of nitrogens with zero attached hydrogens (tertiary/aromatic N) is 1. The van der Waals surface area contributed by atoms with Gasteiger partial charge in [0.05, 0.1) is 0 Å². The molecule has 1 aromatic carbocycles. The van der Waals surface area contributed by atoms with Crippen molar-refractivity contribution >= 4 is 12.1 Å². The molecule has 0 aliphatic carbocycles. The lowest BCUT2D eigenvalue weighted by atomic mass is 10.0. The molecule has 0 bridgehead atoms. The fourth-order valence-electron chi connectivity index (χ4n) is 1.62. The topological polar surface area (TPSA) is 67.5 Å². The summed E-state index contributed by atoms with van der Waals surface area (Å²) in [5.41, 5.74) is 9.42. The molecular formula is C14H23N3O. The second-order valence-electron chi connectivity index (χ2n) is 3.72. The zero-order valence-corrected chi connectivity index (χ0v) is 11.7. The molecule has 100 valence electrons. The van der Waals surface area contributed by atoms with E-state index in [1.807, 2.05) is 13.1 Å². The van der Waals surface area contributed by atoms with Gasteiger partial charge >= 0.3 is 0 Å². The molecule has 0 saturated carbocycles. The molecule has 0 heterocycles. The Bertz CT molecular complexity index is 400. The quantitative estimate of drug-likeness (QED) is 0.483. The smallest absolute Gasteiger partial charge is 0.125 e. The molecule has 0 atom stereocenters. The normalized spacial score (nSPS) is 10.6. The summed E-state index contributed by atoms with van der Waals surface area (Å²) in [5, 5.41) is 3.14. The number of hydrogen-bond donors (Lipinski definition) is 2. The molecule has 4 nitrogen and oxygen atoms in total. The lowest BCUT2D eigenvalue weighted by Crippen LogP contribution is -2.16. The summed E-state index contributed by atoms with van der Waals surface area (Å²) >= 11 is 0. The van der Waals surface area contributed by atoms with Gasteiger partial charge in [0.15, 0.2) is 0 Å². The van der Waals surface area contributed by atoms with Crippen molar-refractivity contribution in [3.8, 4) is 0 Å². The van der Waals surface area contributed by atoms with Crippen LogP contribution in [0.4, 0.5) is 0 Å². The van der Waals surface area contributed by atoms with Crippen LogP contribution in [0, 0.1) is 0 Å². The van der Waals surface area contributed by atoms with Gasteiger partial charge in [0.2, 0.25) is 0 Å². The molecule has 1 rings (SSSR count). The molecule has 0 spiro atoms. The first-order valence-electron chi connectivity index (χ1n) is 6.03. The van der Waals surface area contributed by atoms with Crippen LogP contribution in [-0.4, -0.2) is 26.2 Å². The Morgan fingerprint density at radius 3 is 2.56 bits per heavy atom. The zero-order chi connectivity index (χ0) is 14.0. The standard InChI is InChI=1S/C12H19N3.C2H4O/c1-4-10-7-9(8-14-2)5-6-11(10)12(13)15-3;1-2-3/h5-7,14H,4,8H2,1-3H3,(H2,13,15);2H,1H3. The number of benzene rings is 1. The highest BCUT2D eigenvalue weighted by molar-refractivity contribution is 5.98. The SMILES string of the molecule is CC=O.CCc1cc(CNC)ccc1C(N)=NC. The first kappa shape index (κ1) is 16.3. The van der Waals surface area contributed by atoms with Gasteiger partial charge in [0.25, 0.3) is 0 Å². The molecule has 0 amide bonds. The van der Waals surface area contributed by atoms with Crippen LogP contribution < -0.4 is 11.1 Å². The molecule has 4 heteroatoms. The Kier molecular flexibility index (Phi) is 8.49. The number of nitrogens with two attached hydrogens (primary N) is 1. The van der Waals surface area contributed by atoms with Crippen LogP contribution in [0.2, 0.25) is 0 Å². The van der Waals surface area contributed by atoms with E-state index in [2.05, 4.69) is 29.4 Å². The van der Waals surface area contributed by atoms with Crippen molar-refractivity contribution in [1.29, 1.82) is 0 Å². The largest absolute Gasteiger partial charge is 0.384 e. The van der Waals surface area contributed by atoms with Gasteiger partial charge < -0.3 is 15.8 Å². The molecule has 3 N–H and O–H groups in total. The maximum atomic E-state index is 8.81. The van der Waals surface area contributed by atoms with Crippen LogP contribution in [0.25, 0.3) is 0 Å². The monoisotopic (exact) mass is 249 g/mol. The van der Waals surface area contributed by atoms with Gasteiger partial charge in [-0.25, -0.2) is 0 Å². The summed E-state index contributed by atoms with van der Waals surface area (Å²) in [6, 6.07) is 6.32. The Morgan fingerprint density at radius 2 is 2.11 bits per heavy atom. The third kappa shape index (κ3) is 5.10. The number of carbonyl (C=O) groups excluding carboxylic acids is 1. The van der Waals surface area contributed by atoms with E-state index in [9.17, 15) is 0 Å². The molecule has 18 heavy (non-hydrogen) atoms. The number of rotatable bonds is 4. The van der Waals surface area contributed by atoms with E-state index in [1.165, 1.54) is 18.1 Å². The van der Waals surface area contributed by atoms with Gasteiger partial charge in [-0.15, -0.1) is 0 Å². The van der Waals surface area contributed by atoms with Gasteiger partial charge in [-0.2, -0.15) is 0 Å². The maximum absolute atomic E-state index is 8.81. The van der Waals surface area contributed by atoms with Crippen molar-refractivity contribution in [2.45, 2.75) is 26.8 Å². The van der Waals surface area contributed by atoms with E-state index in [0.29, 0.717) is 5.84 Å². The van der Waals surface area contributed by atoms with Gasteiger partial charge in [0.1, 0.15) is 12.1 Å². The van der Waals surface area contributed by atoms with E-state index < -0.39 is 0 Å². The van der Waals surface area contributed by atoms with E-state index in [-0.39, 0.29) is 0 Å². The molecule has 0 aliphatic rings. The minimum atomic E-state index is 0.614. The zero-order valence-electron chi connectivity index (χ0n) is 11.7. The minimum Gasteiger partial charge on any atom is -0.384 e. The third-order valence-electron chi connectivity index (χ3n) is 2.45. The van der Waals surface area contributed by atoms with Gasteiger partial charge in [-0.3, -0.25) is 4.99 Å². The summed E-state index contributed by atoms with van der Waals surface area (Å²) in [7, 11) is 3.66. The van der Waals surface area contributed by atoms with Crippen molar-refractivity contribution in [1.82, 2.24) is 5.32 Å². The Hall–Kier alpha value is -1.68. The predicted molar refractivity (Wildman–Crippen MR) is 77.0 cm³/mol. The average Bonchev–Trinajstić information content (AvgIpc) is 2.39. The third-order valence-corrected chi connectivity index (χ3v) is 2.45. The molecule has 0 radical (unpaired) electrons. The van der Waals surface area contributed by atoms with Crippen LogP contribution in [-0.2, 0) is 17.8 Å². The van der Waals surface area contributed by atoms with Crippen molar-refractivity contribution in [2.24, 2.45) is 10.7 Å². The lowest BCUT2D eigenvalue weighted by Gasteiger charge is -2.09. The van der Waals surface area contributed by atoms with Crippen LogP contribution in [0.1, 0.15) is 30.5 Å². The van der Waals surface area contributed by atoms with Crippen molar-refractivity contribution in [3.05, 3.63) is 34.9 Å². The van der Waals surface area contributed by atoms with Crippen molar-refractivity contribution < 1.29 is 4.79 Å². The van der Waals surface area contributed by atoms with Gasteiger partial charge in [0, 0.05) is 19.2 Å². The fourth-order valence-corrected chi connectivity index (χ4v) is 1.62. The lowest BCUT2D eigenvalue weighted by molar-refractivity contribution is -0.106. The molecule has 0 fully saturated rings. The minimum absolute atomic E-state index is 0.614. The second-order valence-corrected chi connectivity index (χ2v) is 3.72. The summed E-state index contributed by atoms with van der Waals surface area (Å²) in [6.07, 6.45) is 1.73. The van der Waals surface area contributed by atoms with Crippen molar-refractivity contribution in [3.63, 3.8) is 0 Å². The van der Waals surface area contributed by atoms with Crippen LogP contribution in [0.5, 0.6) is 0 Å². The van der Waals surface area contributed by atoms with E-state index in [0.717, 1.165) is 24.8 Å². The predicted octanol–water partition coefficient (Wildman–Crippen LogP) is 1.51. The molecule has 0 aromatic heterocycles. The van der Waals surface area contributed by atoms with Gasteiger partial charge in [-0.05, 0) is 31.5 Å². The maximum Gasteiger partial charge on any atom is 0.125 e. The Morgan fingerprint density at radius 1 is 1.50 bits per heavy atom. The summed E-state index contributed by atoms with van der Waals surface area (Å²) in [5.74, 6) is 0.614. The molecule has 0 unspecified atom stereocenters. The van der Waals surface area contributed by atoms with E-state index in [4.69, 9.17) is 10.5 Å². The molecule has 0 aliphatic heterocycles. The second kappa shape index (κ2) is 9.36. The highest BCUT2D eigenvalue weighted by atomic mass is 16.1. The van der Waals surface area contributed by atoms with Crippen LogP contribution in [0.15, 0.2) is 23.2 Å². The first-order valence-corrected chi connectivity index (χ1v) is 6.03. The van der Waals surface area contributed by atoms with Crippen molar-refractivity contribution in [2.75, 3.05) is 14.1 Å². The van der Waals surface area contributed by atoms with E-state index in [1.54, 1.807) is 7.05 Å². The van der Waals surface area contributed by atoms with Crippen LogP contribution >= 0.6 is 0 Å². The van der Waals surface area contributed by atoms with E-state index >= 15 is 0 Å². The summed E-state index contributed by atoms with van der Waals surface area (Å²) in [6.45, 7) is 4.46. The number of nitrogens with one attached hydrogen (secondary N) is 1. The molecular weight excluding hydrogens is 226 g/mol. The number of aryl methyl sites for hydroxylation is 1. The number of aliphatic imine (C=N–C) groups is 1. The Balaban J connectivity index is 0.000000873. The highest BCUT2D eigenvalue weighted by Gasteiger charge is 2.05. The number of carbonyl (C=O) groups is 1. The first-order chi connectivity index (χ1) is 8.64. The number of amidine groups is 1. The molecule has 0 saturated heterocycles. The van der Waals surface area contributed by atoms with Gasteiger partial charge in [-0.1, -0.05) is 25.1 Å². The Labute approximate surface area is 109 Å². The fraction of sp³-hybridized carbons (Fsp3) is 0.429. The average molecular weight is 249 g/mol. The summed E-state index contributed by atoms with van der Waals surface area (Å²) < 4.78 is 0. The van der Waals surface area contributed by atoms with Crippen LogP contribution in [0.3, 0.4) is 0 Å². The highest BCUT2D eigenvalue weighted by Crippen LogP contribution is 2.12. The number of hydrogen-bond acceptors (Lipinski definition) is 3.